The number of aliphatic imine (C=N–C) groups is 1. The maximum atomic E-state index is 13.6. The summed E-state index contributed by atoms with van der Waals surface area (Å²) in [5, 5.41) is 3.22. The number of carbonyl (C=O) groups is 1. The highest BCUT2D eigenvalue weighted by atomic mass is 16.5. The van der Waals surface area contributed by atoms with Gasteiger partial charge in [0, 0.05) is 49.9 Å². The molecule has 0 aliphatic carbocycles. The van der Waals surface area contributed by atoms with Crippen molar-refractivity contribution in [3.63, 3.8) is 0 Å². The summed E-state index contributed by atoms with van der Waals surface area (Å²) in [6.07, 6.45) is 6.38. The second kappa shape index (κ2) is 12.0. The lowest BCUT2D eigenvalue weighted by Crippen LogP contribution is -2.34. The molecule has 2 aliphatic heterocycles. The highest BCUT2D eigenvalue weighted by Gasteiger charge is 2.28. The number of hydrogen-bond acceptors (Lipinski definition) is 5. The van der Waals surface area contributed by atoms with Gasteiger partial charge in [-0.1, -0.05) is 55.5 Å². The summed E-state index contributed by atoms with van der Waals surface area (Å²) in [6, 6.07) is 18.5. The predicted octanol–water partition coefficient (Wildman–Crippen LogP) is 4.85. The Labute approximate surface area is 209 Å². The molecule has 35 heavy (non-hydrogen) atoms. The number of amides is 1. The Morgan fingerprint density at radius 1 is 1.11 bits per heavy atom. The summed E-state index contributed by atoms with van der Waals surface area (Å²) >= 11 is 0. The number of ether oxygens (including phenoxy) is 1. The zero-order chi connectivity index (χ0) is 24.6. The van der Waals surface area contributed by atoms with Crippen LogP contribution in [0.3, 0.4) is 0 Å². The van der Waals surface area contributed by atoms with Crippen molar-refractivity contribution in [3.8, 4) is 0 Å². The Kier molecular flexibility index (Phi) is 8.50. The Hall–Kier alpha value is -3.22. The predicted molar refractivity (Wildman–Crippen MR) is 142 cm³/mol. The number of carbonyl (C=O) groups excluding carboxylic acids is 1. The number of likely N-dealkylation sites (N-methyl/N-ethyl adjacent to an activating group) is 1. The molecule has 0 bridgehead atoms. The highest BCUT2D eigenvalue weighted by Crippen LogP contribution is 2.28. The molecule has 2 aliphatic rings. The van der Waals surface area contributed by atoms with Crippen LogP contribution >= 0.6 is 0 Å². The summed E-state index contributed by atoms with van der Waals surface area (Å²) in [6.45, 7) is 4.85. The summed E-state index contributed by atoms with van der Waals surface area (Å²) in [5.41, 5.74) is 5.87. The molecule has 0 saturated heterocycles. The lowest BCUT2D eigenvalue weighted by molar-refractivity contribution is -0.114. The first kappa shape index (κ1) is 24.9. The lowest BCUT2D eigenvalue weighted by Gasteiger charge is -2.23. The molecule has 0 spiro atoms. The number of hydrogen-bond donors (Lipinski definition) is 1. The van der Waals surface area contributed by atoms with Gasteiger partial charge in [-0.2, -0.15) is 0 Å². The monoisotopic (exact) mass is 472 g/mol. The second-order valence-corrected chi connectivity index (χ2v) is 9.02. The molecule has 184 valence electrons. The van der Waals surface area contributed by atoms with Gasteiger partial charge in [0.15, 0.2) is 0 Å². The van der Waals surface area contributed by atoms with E-state index in [1.165, 1.54) is 5.56 Å². The van der Waals surface area contributed by atoms with Crippen LogP contribution in [0.4, 0.5) is 5.69 Å². The van der Waals surface area contributed by atoms with Crippen molar-refractivity contribution in [2.24, 2.45) is 4.99 Å². The largest absolute Gasteiger partial charge is 0.375 e. The van der Waals surface area contributed by atoms with Crippen molar-refractivity contribution in [2.45, 2.75) is 38.9 Å². The molecule has 1 amide bonds. The average molecular weight is 473 g/mol. The first-order valence-corrected chi connectivity index (χ1v) is 12.5. The molecule has 1 N–H and O–H groups in total. The van der Waals surface area contributed by atoms with Gasteiger partial charge in [-0.3, -0.25) is 9.79 Å². The van der Waals surface area contributed by atoms with Crippen LogP contribution in [0.15, 0.2) is 82.6 Å². The topological polar surface area (TPSA) is 57.2 Å². The van der Waals surface area contributed by atoms with Crippen LogP contribution in [-0.2, 0) is 16.1 Å². The minimum Gasteiger partial charge on any atom is -0.375 e. The first-order valence-electron chi connectivity index (χ1n) is 12.5. The molecule has 0 saturated carbocycles. The molecule has 1 atom stereocenters. The van der Waals surface area contributed by atoms with E-state index >= 15 is 0 Å². The quantitative estimate of drug-likeness (QED) is 0.567. The normalized spacial score (nSPS) is 17.1. The third-order valence-corrected chi connectivity index (χ3v) is 6.66. The van der Waals surface area contributed by atoms with E-state index in [1.807, 2.05) is 42.3 Å². The lowest BCUT2D eigenvalue weighted by atomic mass is 10.1. The molecule has 0 radical (unpaired) electrons. The summed E-state index contributed by atoms with van der Waals surface area (Å²) in [5.74, 6) is 0.00750. The van der Waals surface area contributed by atoms with Gasteiger partial charge in [-0.25, -0.2) is 0 Å². The number of anilines is 1. The Morgan fingerprint density at radius 3 is 2.71 bits per heavy atom. The minimum atomic E-state index is 0.00750. The molecule has 2 aromatic carbocycles. The molecular weight excluding hydrogens is 436 g/mol. The van der Waals surface area contributed by atoms with Crippen LogP contribution in [-0.4, -0.2) is 50.8 Å². The molecule has 0 aromatic heterocycles. The number of rotatable bonds is 9. The first-order chi connectivity index (χ1) is 17.1. The smallest absolute Gasteiger partial charge is 0.261 e. The molecule has 2 heterocycles. The Bertz CT molecular complexity index is 1110. The SMILES string of the molecule is CCC1=CCC2=C(C=N1)C(=O)N(c1cccc(COC(CCNC)c3ccccc3)c1)CCN2C. The zero-order valence-corrected chi connectivity index (χ0v) is 21.0. The average Bonchev–Trinajstić information content (AvgIpc) is 3.18. The number of allylic oxidation sites excluding steroid dienone is 2. The molecular formula is C29H36N4O2. The van der Waals surface area contributed by atoms with Crippen molar-refractivity contribution in [2.75, 3.05) is 38.6 Å². The molecule has 6 nitrogen and oxygen atoms in total. The summed E-state index contributed by atoms with van der Waals surface area (Å²) in [4.78, 5) is 22.3. The van der Waals surface area contributed by atoms with Gasteiger partial charge in [0.2, 0.25) is 0 Å². The number of nitrogens with one attached hydrogen (secondary N) is 1. The van der Waals surface area contributed by atoms with Crippen molar-refractivity contribution in [1.29, 1.82) is 0 Å². The van der Waals surface area contributed by atoms with E-state index in [9.17, 15) is 4.79 Å². The van der Waals surface area contributed by atoms with Crippen LogP contribution in [0.5, 0.6) is 0 Å². The highest BCUT2D eigenvalue weighted by molar-refractivity contribution is 6.19. The van der Waals surface area contributed by atoms with Crippen molar-refractivity contribution < 1.29 is 9.53 Å². The maximum Gasteiger partial charge on any atom is 0.261 e. The number of nitrogens with zero attached hydrogens (tertiary/aromatic N) is 3. The van der Waals surface area contributed by atoms with E-state index in [0.717, 1.165) is 55.0 Å². The number of benzene rings is 2. The van der Waals surface area contributed by atoms with Crippen molar-refractivity contribution in [3.05, 3.63) is 88.8 Å². The summed E-state index contributed by atoms with van der Waals surface area (Å²) < 4.78 is 6.36. The minimum absolute atomic E-state index is 0.00750. The maximum absolute atomic E-state index is 13.6. The van der Waals surface area contributed by atoms with E-state index < -0.39 is 0 Å². The Balaban J connectivity index is 1.52. The fourth-order valence-electron chi connectivity index (χ4n) is 4.55. The van der Waals surface area contributed by atoms with Crippen LogP contribution in [0.1, 0.15) is 43.4 Å². The van der Waals surface area contributed by atoms with Crippen LogP contribution in [0.25, 0.3) is 0 Å². The van der Waals surface area contributed by atoms with Gasteiger partial charge in [-0.05, 0) is 49.7 Å². The molecule has 1 unspecified atom stereocenters. The van der Waals surface area contributed by atoms with Crippen molar-refractivity contribution in [1.82, 2.24) is 10.2 Å². The van der Waals surface area contributed by atoms with Gasteiger partial charge in [0.1, 0.15) is 0 Å². The molecule has 0 fully saturated rings. The van der Waals surface area contributed by atoms with Crippen molar-refractivity contribution >= 4 is 17.8 Å². The van der Waals surface area contributed by atoms with Gasteiger partial charge in [0.25, 0.3) is 5.91 Å². The fourth-order valence-corrected chi connectivity index (χ4v) is 4.55. The van der Waals surface area contributed by atoms with Crippen LogP contribution < -0.4 is 10.2 Å². The standard InChI is InChI=1S/C29H36N4O2/c1-4-24-13-14-27-26(20-31-24)29(34)33(18-17-32(27)3)25-12-8-9-22(19-25)21-35-28(15-16-30-2)23-10-6-5-7-11-23/h5-13,19-20,28,30H,4,14-18,21H2,1-3H3. The van der Waals surface area contributed by atoms with Gasteiger partial charge < -0.3 is 19.9 Å². The summed E-state index contributed by atoms with van der Waals surface area (Å²) in [7, 11) is 4.02. The molecule has 6 heteroatoms. The van der Waals surface area contributed by atoms with E-state index in [4.69, 9.17) is 4.74 Å². The molecule has 4 rings (SSSR count). The van der Waals surface area contributed by atoms with E-state index in [0.29, 0.717) is 18.7 Å². The molecule has 2 aromatic rings. The fraction of sp³-hybridized carbons (Fsp3) is 0.379. The van der Waals surface area contributed by atoms with Crippen LogP contribution in [0.2, 0.25) is 0 Å². The van der Waals surface area contributed by atoms with E-state index in [2.05, 4.69) is 59.5 Å². The van der Waals surface area contributed by atoms with E-state index in [1.54, 1.807) is 6.21 Å². The third kappa shape index (κ3) is 6.08. The van der Waals surface area contributed by atoms with Crippen LogP contribution in [0, 0.1) is 0 Å². The van der Waals surface area contributed by atoms with Gasteiger partial charge in [-0.15, -0.1) is 0 Å². The second-order valence-electron chi connectivity index (χ2n) is 9.02. The Morgan fingerprint density at radius 2 is 1.94 bits per heavy atom. The van der Waals surface area contributed by atoms with Gasteiger partial charge >= 0.3 is 0 Å². The van der Waals surface area contributed by atoms with E-state index in [-0.39, 0.29) is 12.0 Å². The zero-order valence-electron chi connectivity index (χ0n) is 21.0. The third-order valence-electron chi connectivity index (χ3n) is 6.66. The van der Waals surface area contributed by atoms with Gasteiger partial charge in [0.05, 0.1) is 18.3 Å².